The van der Waals surface area contributed by atoms with Gasteiger partial charge in [0.25, 0.3) is 5.91 Å². The Hall–Kier alpha value is -2.34. The van der Waals surface area contributed by atoms with Gasteiger partial charge in [-0.25, -0.2) is 0 Å². The zero-order valence-electron chi connectivity index (χ0n) is 13.3. The quantitative estimate of drug-likeness (QED) is 0.906. The van der Waals surface area contributed by atoms with Crippen molar-refractivity contribution >= 4 is 23.6 Å². The molecule has 1 amide bonds. The van der Waals surface area contributed by atoms with Gasteiger partial charge < -0.3 is 14.6 Å². The third kappa shape index (κ3) is 2.78. The molecule has 6 nitrogen and oxygen atoms in total. The van der Waals surface area contributed by atoms with Crippen LogP contribution in [0.5, 0.6) is 5.75 Å². The van der Waals surface area contributed by atoms with Gasteiger partial charge in [0.2, 0.25) is 0 Å². The van der Waals surface area contributed by atoms with Gasteiger partial charge in [-0.05, 0) is 37.6 Å². The Labute approximate surface area is 144 Å². The maximum absolute atomic E-state index is 12.6. The second kappa shape index (κ2) is 5.94. The lowest BCUT2D eigenvalue weighted by molar-refractivity contribution is -0.118. The van der Waals surface area contributed by atoms with Crippen molar-refractivity contribution in [2.75, 3.05) is 6.61 Å². The van der Waals surface area contributed by atoms with Gasteiger partial charge >= 0.3 is 0 Å². The number of hydrogen-bond acceptors (Lipinski definition) is 4. The van der Waals surface area contributed by atoms with Gasteiger partial charge in [-0.1, -0.05) is 11.6 Å². The number of carbonyl (C=O) groups is 1. The molecule has 0 saturated heterocycles. The predicted octanol–water partition coefficient (Wildman–Crippen LogP) is 2.15. The molecule has 7 heteroatoms. The van der Waals surface area contributed by atoms with Crippen LogP contribution in [0.2, 0.25) is 5.02 Å². The molecule has 0 fully saturated rings. The highest BCUT2D eigenvalue weighted by Crippen LogP contribution is 2.29. The molecule has 1 atom stereocenters. The lowest BCUT2D eigenvalue weighted by Gasteiger charge is -2.26. The first-order valence-corrected chi connectivity index (χ1v) is 8.30. The average molecular weight is 345 g/mol. The molecule has 4 rings (SSSR count). The topological polar surface area (TPSA) is 69.0 Å². The zero-order valence-corrected chi connectivity index (χ0v) is 14.0. The maximum Gasteiger partial charge on any atom is 0.250 e. The van der Waals surface area contributed by atoms with Gasteiger partial charge in [0.15, 0.2) is 0 Å². The van der Waals surface area contributed by atoms with E-state index in [9.17, 15) is 4.79 Å². The van der Waals surface area contributed by atoms with E-state index in [1.165, 1.54) is 0 Å². The zero-order chi connectivity index (χ0) is 16.7. The molecule has 0 bridgehead atoms. The van der Waals surface area contributed by atoms with E-state index in [1.807, 2.05) is 19.1 Å². The van der Waals surface area contributed by atoms with Crippen molar-refractivity contribution in [1.82, 2.24) is 20.1 Å². The van der Waals surface area contributed by atoms with Gasteiger partial charge in [-0.15, -0.1) is 10.2 Å². The van der Waals surface area contributed by atoms with E-state index in [1.54, 1.807) is 12.1 Å². The van der Waals surface area contributed by atoms with Crippen LogP contribution in [-0.2, 0) is 17.8 Å². The number of fused-ring (bicyclic) bond motifs is 2. The fraction of sp³-hybridized carbons (Fsp3) is 0.353. The molecule has 2 aliphatic rings. The van der Waals surface area contributed by atoms with Gasteiger partial charge in [-0.2, -0.15) is 0 Å². The van der Waals surface area contributed by atoms with Crippen molar-refractivity contribution in [3.8, 4) is 5.75 Å². The Kier molecular flexibility index (Phi) is 3.76. The molecule has 24 heavy (non-hydrogen) atoms. The third-order valence-electron chi connectivity index (χ3n) is 4.44. The fourth-order valence-corrected chi connectivity index (χ4v) is 3.32. The molecule has 1 aromatic heterocycles. The van der Waals surface area contributed by atoms with Crippen molar-refractivity contribution < 1.29 is 9.53 Å². The number of nitrogens with one attached hydrogen (secondary N) is 1. The van der Waals surface area contributed by atoms with Crippen LogP contribution in [-0.4, -0.2) is 33.3 Å². The van der Waals surface area contributed by atoms with Gasteiger partial charge in [0.1, 0.15) is 24.0 Å². The van der Waals surface area contributed by atoms with Crippen LogP contribution in [0.1, 0.15) is 23.6 Å². The highest BCUT2D eigenvalue weighted by Gasteiger charge is 2.25. The van der Waals surface area contributed by atoms with Crippen LogP contribution in [0.3, 0.4) is 0 Å². The first-order valence-electron chi connectivity index (χ1n) is 7.92. The van der Waals surface area contributed by atoms with Gasteiger partial charge in [-0.3, -0.25) is 4.79 Å². The lowest BCUT2D eigenvalue weighted by atomic mass is 10.0. The standard InChI is InChI=1S/C17H17ClN4O2/c1-10-20-21-16-5-3-14(8-22(10)16)19-17(23)12-6-11-7-13(18)2-4-15(11)24-9-12/h2,4,6-7,14H,3,5,8-9H2,1H3,(H,19,23)/t14-/m1/s1. The Balaban J connectivity index is 1.48. The van der Waals surface area contributed by atoms with E-state index in [4.69, 9.17) is 16.3 Å². The van der Waals surface area contributed by atoms with E-state index in [0.717, 1.165) is 35.8 Å². The van der Waals surface area contributed by atoms with E-state index < -0.39 is 0 Å². The number of carbonyl (C=O) groups excluding carboxylic acids is 1. The number of aromatic nitrogens is 3. The molecule has 1 aromatic carbocycles. The van der Waals surface area contributed by atoms with Crippen molar-refractivity contribution in [1.29, 1.82) is 0 Å². The Morgan fingerprint density at radius 3 is 3.17 bits per heavy atom. The summed E-state index contributed by atoms with van der Waals surface area (Å²) in [5, 5.41) is 12.0. The summed E-state index contributed by atoms with van der Waals surface area (Å²) in [5.74, 6) is 2.52. The van der Waals surface area contributed by atoms with Crippen molar-refractivity contribution in [2.24, 2.45) is 0 Å². The molecule has 0 spiro atoms. The number of benzene rings is 1. The Morgan fingerprint density at radius 1 is 1.42 bits per heavy atom. The van der Waals surface area contributed by atoms with Gasteiger partial charge in [0.05, 0.1) is 5.57 Å². The number of halogens is 1. The van der Waals surface area contributed by atoms with Crippen LogP contribution in [0.4, 0.5) is 0 Å². The highest BCUT2D eigenvalue weighted by atomic mass is 35.5. The van der Waals surface area contributed by atoms with Crippen molar-refractivity contribution in [3.05, 3.63) is 46.0 Å². The van der Waals surface area contributed by atoms with Crippen LogP contribution in [0, 0.1) is 6.92 Å². The third-order valence-corrected chi connectivity index (χ3v) is 4.68. The highest BCUT2D eigenvalue weighted by molar-refractivity contribution is 6.30. The predicted molar refractivity (Wildman–Crippen MR) is 89.9 cm³/mol. The molecule has 2 aromatic rings. The summed E-state index contributed by atoms with van der Waals surface area (Å²) < 4.78 is 7.72. The second-order valence-corrected chi connectivity index (χ2v) is 6.56. The summed E-state index contributed by atoms with van der Waals surface area (Å²) in [6.07, 6.45) is 3.53. The summed E-state index contributed by atoms with van der Waals surface area (Å²) in [7, 11) is 0. The van der Waals surface area contributed by atoms with Crippen LogP contribution < -0.4 is 10.1 Å². The largest absolute Gasteiger partial charge is 0.488 e. The molecule has 3 heterocycles. The van der Waals surface area contributed by atoms with E-state index in [2.05, 4.69) is 20.1 Å². The van der Waals surface area contributed by atoms with Crippen LogP contribution in [0.15, 0.2) is 23.8 Å². The molecule has 124 valence electrons. The number of ether oxygens (including phenoxy) is 1. The smallest absolute Gasteiger partial charge is 0.250 e. The lowest BCUT2D eigenvalue weighted by Crippen LogP contribution is -2.42. The SMILES string of the molecule is Cc1nnc2n1C[C@H](NC(=O)C1=Cc3cc(Cl)ccc3OC1)CC2. The molecular formula is C17H17ClN4O2. The van der Waals surface area contributed by atoms with Crippen LogP contribution in [0.25, 0.3) is 6.08 Å². The summed E-state index contributed by atoms with van der Waals surface area (Å²) >= 11 is 6.01. The fourth-order valence-electron chi connectivity index (χ4n) is 3.14. The Morgan fingerprint density at radius 2 is 2.29 bits per heavy atom. The first-order chi connectivity index (χ1) is 11.6. The minimum absolute atomic E-state index is 0.0707. The van der Waals surface area contributed by atoms with Crippen molar-refractivity contribution in [3.63, 3.8) is 0 Å². The summed E-state index contributed by atoms with van der Waals surface area (Å²) in [5.41, 5.74) is 1.44. The monoisotopic (exact) mass is 344 g/mol. The molecule has 1 N–H and O–H groups in total. The minimum atomic E-state index is -0.0974. The van der Waals surface area contributed by atoms with Gasteiger partial charge in [0, 0.05) is 29.6 Å². The maximum atomic E-state index is 12.6. The van der Waals surface area contributed by atoms with E-state index >= 15 is 0 Å². The number of nitrogens with zero attached hydrogens (tertiary/aromatic N) is 3. The molecule has 0 radical (unpaired) electrons. The van der Waals surface area contributed by atoms with Crippen LogP contribution >= 0.6 is 11.6 Å². The normalized spacial score (nSPS) is 18.9. The van der Waals surface area contributed by atoms with E-state index in [0.29, 0.717) is 17.1 Å². The first kappa shape index (κ1) is 15.2. The molecule has 0 saturated carbocycles. The number of aryl methyl sites for hydroxylation is 2. The number of hydrogen-bond donors (Lipinski definition) is 1. The molecular weight excluding hydrogens is 328 g/mol. The Bertz CT molecular complexity index is 843. The molecule has 0 aliphatic carbocycles. The molecule has 2 aliphatic heterocycles. The average Bonchev–Trinajstić information content (AvgIpc) is 2.95. The summed E-state index contributed by atoms with van der Waals surface area (Å²) in [4.78, 5) is 12.6. The molecule has 0 unspecified atom stereocenters. The summed E-state index contributed by atoms with van der Waals surface area (Å²) in [6.45, 7) is 2.90. The van der Waals surface area contributed by atoms with E-state index in [-0.39, 0.29) is 18.6 Å². The number of rotatable bonds is 2. The van der Waals surface area contributed by atoms with Crippen molar-refractivity contribution in [2.45, 2.75) is 32.4 Å². The minimum Gasteiger partial charge on any atom is -0.488 e. The summed E-state index contributed by atoms with van der Waals surface area (Å²) in [6, 6.07) is 5.47. The second-order valence-electron chi connectivity index (χ2n) is 6.12. The number of amides is 1.